The van der Waals surface area contributed by atoms with Gasteiger partial charge < -0.3 is 25.5 Å². The minimum absolute atomic E-state index is 0.0369. The molecular weight excluding hydrogens is 254 g/mol. The number of phenols is 1. The number of para-hydroxylation sites is 1. The lowest BCUT2D eigenvalue weighted by molar-refractivity contribution is 0.0693. The number of rotatable bonds is 3. The Bertz CT molecular complexity index is 700. The van der Waals surface area contributed by atoms with Gasteiger partial charge in [0.2, 0.25) is 0 Å². The molecule has 0 aliphatic rings. The fraction of sp³-hybridized carbons (Fsp3) is 0. The molecule has 98 valence electrons. The van der Waals surface area contributed by atoms with Gasteiger partial charge in [-0.05, 0) is 12.1 Å². The van der Waals surface area contributed by atoms with Crippen LogP contribution in [0.1, 0.15) is 20.8 Å². The molecule has 8 heteroatoms. The first-order chi connectivity index (χ1) is 8.99. The summed E-state index contributed by atoms with van der Waals surface area (Å²) < 4.78 is 0. The topological polar surface area (TPSA) is 135 Å². The number of aromatic hydroxyl groups is 1. The van der Waals surface area contributed by atoms with Gasteiger partial charge in [-0.2, -0.15) is 0 Å². The molecule has 0 spiro atoms. The van der Waals surface area contributed by atoms with E-state index < -0.39 is 23.3 Å². The van der Waals surface area contributed by atoms with Gasteiger partial charge in [0.15, 0.2) is 5.75 Å². The lowest BCUT2D eigenvalue weighted by atomic mass is 10.1. The summed E-state index contributed by atoms with van der Waals surface area (Å²) in [5.41, 5.74) is -0.980. The summed E-state index contributed by atoms with van der Waals surface area (Å²) >= 11 is 0. The first kappa shape index (κ1) is 12.4. The van der Waals surface area contributed by atoms with Gasteiger partial charge in [0.05, 0.1) is 5.69 Å². The number of aromatic carboxylic acids is 1. The van der Waals surface area contributed by atoms with E-state index >= 15 is 0 Å². The lowest BCUT2D eigenvalue weighted by Gasteiger charge is -2.07. The zero-order chi connectivity index (χ0) is 14.0. The van der Waals surface area contributed by atoms with Crippen LogP contribution in [0.5, 0.6) is 5.75 Å². The third-order valence-electron chi connectivity index (χ3n) is 2.36. The van der Waals surface area contributed by atoms with Crippen LogP contribution in [0.25, 0.3) is 0 Å². The summed E-state index contributed by atoms with van der Waals surface area (Å²) in [6.07, 6.45) is 1.16. The van der Waals surface area contributed by atoms with Gasteiger partial charge in [0.1, 0.15) is 11.3 Å². The maximum absolute atomic E-state index is 11.7. The summed E-state index contributed by atoms with van der Waals surface area (Å²) in [5, 5.41) is 20.8. The Morgan fingerprint density at radius 3 is 2.58 bits per heavy atom. The van der Waals surface area contributed by atoms with Gasteiger partial charge in [-0.3, -0.25) is 4.79 Å². The second-order valence-electron chi connectivity index (χ2n) is 3.62. The molecule has 5 N–H and O–H groups in total. The average molecular weight is 263 g/mol. The number of benzene rings is 1. The number of aromatic amines is 2. The van der Waals surface area contributed by atoms with Crippen LogP contribution in [0.15, 0.2) is 29.2 Å². The van der Waals surface area contributed by atoms with E-state index in [1.807, 2.05) is 0 Å². The Balaban J connectivity index is 2.29. The van der Waals surface area contributed by atoms with Crippen molar-refractivity contribution >= 4 is 17.6 Å². The molecule has 0 fully saturated rings. The van der Waals surface area contributed by atoms with E-state index in [-0.39, 0.29) is 16.9 Å². The van der Waals surface area contributed by atoms with E-state index in [2.05, 4.69) is 15.3 Å². The van der Waals surface area contributed by atoms with Crippen molar-refractivity contribution in [3.63, 3.8) is 0 Å². The smallest absolute Gasteiger partial charge is 0.339 e. The highest BCUT2D eigenvalue weighted by Crippen LogP contribution is 2.27. The number of carbonyl (C=O) groups is 2. The van der Waals surface area contributed by atoms with Crippen molar-refractivity contribution in [2.24, 2.45) is 0 Å². The van der Waals surface area contributed by atoms with Crippen LogP contribution in [-0.4, -0.2) is 32.1 Å². The highest BCUT2D eigenvalue weighted by Gasteiger charge is 2.16. The van der Waals surface area contributed by atoms with Gasteiger partial charge in [-0.1, -0.05) is 6.07 Å². The summed E-state index contributed by atoms with van der Waals surface area (Å²) in [6, 6.07) is 3.91. The highest BCUT2D eigenvalue weighted by molar-refractivity contribution is 6.05. The van der Waals surface area contributed by atoms with Crippen LogP contribution in [0, 0.1) is 0 Å². The number of aromatic nitrogens is 2. The minimum atomic E-state index is -1.32. The highest BCUT2D eigenvalue weighted by atomic mass is 16.4. The number of hydrogen-bond donors (Lipinski definition) is 5. The molecule has 1 aromatic carbocycles. The molecule has 2 aromatic rings. The fourth-order valence-corrected chi connectivity index (χ4v) is 1.46. The number of H-pyrrole nitrogens is 2. The quantitative estimate of drug-likeness (QED) is 0.509. The predicted molar refractivity (Wildman–Crippen MR) is 64.4 cm³/mol. The molecule has 1 aromatic heterocycles. The maximum Gasteiger partial charge on any atom is 0.339 e. The molecule has 0 aliphatic heterocycles. The van der Waals surface area contributed by atoms with Crippen molar-refractivity contribution in [1.29, 1.82) is 0 Å². The normalized spacial score (nSPS) is 10.1. The van der Waals surface area contributed by atoms with Crippen LogP contribution in [0.2, 0.25) is 0 Å². The van der Waals surface area contributed by atoms with Gasteiger partial charge in [-0.25, -0.2) is 9.59 Å². The number of hydrogen-bond acceptors (Lipinski definition) is 4. The fourth-order valence-electron chi connectivity index (χ4n) is 1.46. The Morgan fingerprint density at radius 1 is 1.26 bits per heavy atom. The standard InChI is InChI=1S/C11H9N3O5/c15-8-5(10(17)18)2-1-3-6(8)13-9(16)7-4-12-11(19)14-7/h1-4,15H,(H,13,16)(H,17,18)(H2,12,14,19). The van der Waals surface area contributed by atoms with Crippen molar-refractivity contribution in [3.05, 3.63) is 46.1 Å². The molecule has 1 amide bonds. The number of amides is 1. The van der Waals surface area contributed by atoms with Crippen LogP contribution in [-0.2, 0) is 0 Å². The summed E-state index contributed by atoms with van der Waals surface area (Å²) in [7, 11) is 0. The Kier molecular flexibility index (Phi) is 3.06. The van der Waals surface area contributed by atoms with E-state index in [9.17, 15) is 19.5 Å². The Morgan fingerprint density at radius 2 is 2.00 bits per heavy atom. The van der Waals surface area contributed by atoms with Crippen LogP contribution >= 0.6 is 0 Å². The molecule has 0 unspecified atom stereocenters. The Labute approximate surface area is 105 Å². The molecule has 0 aliphatic carbocycles. The van der Waals surface area contributed by atoms with Crippen molar-refractivity contribution < 1.29 is 19.8 Å². The van der Waals surface area contributed by atoms with Gasteiger partial charge in [0.25, 0.3) is 5.91 Å². The monoisotopic (exact) mass is 263 g/mol. The molecule has 0 radical (unpaired) electrons. The van der Waals surface area contributed by atoms with Crippen molar-refractivity contribution in [3.8, 4) is 5.75 Å². The average Bonchev–Trinajstić information content (AvgIpc) is 2.78. The second kappa shape index (κ2) is 4.69. The molecule has 0 bridgehead atoms. The van der Waals surface area contributed by atoms with E-state index in [1.165, 1.54) is 18.2 Å². The molecule has 8 nitrogen and oxygen atoms in total. The van der Waals surface area contributed by atoms with Crippen LogP contribution < -0.4 is 11.0 Å². The van der Waals surface area contributed by atoms with E-state index in [1.54, 1.807) is 0 Å². The molecule has 0 saturated heterocycles. The zero-order valence-corrected chi connectivity index (χ0v) is 9.43. The molecule has 1 heterocycles. The molecule has 0 atom stereocenters. The first-order valence-electron chi connectivity index (χ1n) is 5.13. The number of anilines is 1. The van der Waals surface area contributed by atoms with E-state index in [0.29, 0.717) is 0 Å². The van der Waals surface area contributed by atoms with E-state index in [4.69, 9.17) is 5.11 Å². The number of imidazole rings is 1. The summed E-state index contributed by atoms with van der Waals surface area (Å²) in [4.78, 5) is 37.8. The van der Waals surface area contributed by atoms with E-state index in [0.717, 1.165) is 6.20 Å². The van der Waals surface area contributed by atoms with Gasteiger partial charge in [0, 0.05) is 6.20 Å². The van der Waals surface area contributed by atoms with Crippen LogP contribution in [0.3, 0.4) is 0 Å². The number of carbonyl (C=O) groups excluding carboxylic acids is 1. The van der Waals surface area contributed by atoms with Gasteiger partial charge >= 0.3 is 11.7 Å². The molecular formula is C11H9N3O5. The SMILES string of the molecule is O=C(Nc1cccc(C(=O)O)c1O)c1c[nH]c(=O)[nH]1. The number of carboxylic acid groups (broad SMARTS) is 1. The summed E-state index contributed by atoms with van der Waals surface area (Å²) in [6.45, 7) is 0. The third kappa shape index (κ3) is 2.46. The Hall–Kier alpha value is -3.03. The van der Waals surface area contributed by atoms with Gasteiger partial charge in [-0.15, -0.1) is 0 Å². The number of nitrogens with one attached hydrogen (secondary N) is 3. The minimum Gasteiger partial charge on any atom is -0.505 e. The lowest BCUT2D eigenvalue weighted by Crippen LogP contribution is -2.14. The third-order valence-corrected chi connectivity index (χ3v) is 2.36. The molecule has 19 heavy (non-hydrogen) atoms. The molecule has 2 rings (SSSR count). The maximum atomic E-state index is 11.7. The molecule has 0 saturated carbocycles. The predicted octanol–water partition coefficient (Wildman–Crippen LogP) is 0.359. The summed E-state index contributed by atoms with van der Waals surface area (Å²) in [5.74, 6) is -2.55. The van der Waals surface area contributed by atoms with Crippen molar-refractivity contribution in [2.45, 2.75) is 0 Å². The van der Waals surface area contributed by atoms with Crippen molar-refractivity contribution in [1.82, 2.24) is 9.97 Å². The first-order valence-corrected chi connectivity index (χ1v) is 5.13. The van der Waals surface area contributed by atoms with Crippen LogP contribution in [0.4, 0.5) is 5.69 Å². The number of carboxylic acids is 1. The second-order valence-corrected chi connectivity index (χ2v) is 3.62. The zero-order valence-electron chi connectivity index (χ0n) is 9.43. The largest absolute Gasteiger partial charge is 0.505 e. The van der Waals surface area contributed by atoms with Crippen molar-refractivity contribution in [2.75, 3.05) is 5.32 Å².